The van der Waals surface area contributed by atoms with Gasteiger partial charge in [0.1, 0.15) is 0 Å². The molecule has 2 aliphatic rings. The van der Waals surface area contributed by atoms with E-state index in [1.54, 1.807) is 0 Å². The maximum atomic E-state index is 12.9. The Balaban J connectivity index is 1.28. The molecule has 0 atom stereocenters. The highest BCUT2D eigenvalue weighted by Gasteiger charge is 2.29. The highest BCUT2D eigenvalue weighted by molar-refractivity contribution is 6.06. The lowest BCUT2D eigenvalue weighted by Crippen LogP contribution is -2.23. The number of carbonyl (C=O) groups excluding carboxylic acids is 2. The number of amides is 2. The highest BCUT2D eigenvalue weighted by Crippen LogP contribution is 2.40. The maximum Gasteiger partial charge on any atom is 0.252 e. The lowest BCUT2D eigenvalue weighted by Gasteiger charge is -2.11. The molecule has 2 aromatic carbocycles. The van der Waals surface area contributed by atoms with E-state index in [-0.39, 0.29) is 17.7 Å². The Hall–Kier alpha value is -3.21. The van der Waals surface area contributed by atoms with Crippen molar-refractivity contribution in [3.05, 3.63) is 71.4 Å². The van der Waals surface area contributed by atoms with Gasteiger partial charge in [-0.3, -0.25) is 14.6 Å². The summed E-state index contributed by atoms with van der Waals surface area (Å²) in [7, 11) is 0. The number of nitrogens with one attached hydrogen (secondary N) is 2. The van der Waals surface area contributed by atoms with Gasteiger partial charge in [0.15, 0.2) is 0 Å². The smallest absolute Gasteiger partial charge is 0.252 e. The number of pyridine rings is 1. The molecule has 0 radical (unpaired) electrons. The molecule has 2 fully saturated rings. The fourth-order valence-electron chi connectivity index (χ4n) is 3.55. The normalized spacial score (nSPS) is 15.9. The molecule has 0 unspecified atom stereocenters. The fourth-order valence-corrected chi connectivity index (χ4v) is 3.55. The van der Waals surface area contributed by atoms with Crippen LogP contribution in [0, 0.1) is 5.92 Å². The van der Waals surface area contributed by atoms with Gasteiger partial charge < -0.3 is 10.6 Å². The van der Waals surface area contributed by atoms with Crippen molar-refractivity contribution in [3.8, 4) is 0 Å². The van der Waals surface area contributed by atoms with Crippen LogP contribution >= 0.6 is 0 Å². The summed E-state index contributed by atoms with van der Waals surface area (Å²) >= 11 is 0. The second-order valence-corrected chi connectivity index (χ2v) is 8.03. The first kappa shape index (κ1) is 17.9. The number of fused-ring (bicyclic) bond motifs is 1. The molecule has 2 amide bonds. The third-order valence-corrected chi connectivity index (χ3v) is 5.60. The quantitative estimate of drug-likeness (QED) is 0.661. The summed E-state index contributed by atoms with van der Waals surface area (Å²) < 4.78 is 0. The van der Waals surface area contributed by atoms with E-state index in [2.05, 4.69) is 10.6 Å². The van der Waals surface area contributed by atoms with Crippen LogP contribution in [0.4, 0.5) is 5.69 Å². The lowest BCUT2D eigenvalue weighted by atomic mass is 10.1. The minimum absolute atomic E-state index is 0.0865. The molecule has 0 bridgehead atoms. The summed E-state index contributed by atoms with van der Waals surface area (Å²) in [4.78, 5) is 29.5. The molecular formula is C24H23N3O2. The van der Waals surface area contributed by atoms with Gasteiger partial charge in [-0.15, -0.1) is 0 Å². The van der Waals surface area contributed by atoms with Crippen LogP contribution in [0.15, 0.2) is 54.6 Å². The van der Waals surface area contributed by atoms with E-state index in [1.165, 1.54) is 0 Å². The minimum atomic E-state index is -0.0865. The molecule has 1 heterocycles. The number of anilines is 1. The second kappa shape index (κ2) is 7.32. The first-order valence-corrected chi connectivity index (χ1v) is 10.2. The molecular weight excluding hydrogens is 362 g/mol. The number of aromatic nitrogens is 1. The van der Waals surface area contributed by atoms with E-state index in [1.807, 2.05) is 54.6 Å². The summed E-state index contributed by atoms with van der Waals surface area (Å²) in [6.07, 6.45) is 4.27. The Kier molecular flexibility index (Phi) is 4.51. The number of rotatable bonds is 6. The van der Waals surface area contributed by atoms with E-state index >= 15 is 0 Å². The third kappa shape index (κ3) is 3.99. The van der Waals surface area contributed by atoms with Crippen molar-refractivity contribution in [2.24, 2.45) is 5.92 Å². The molecule has 3 aromatic rings. The monoisotopic (exact) mass is 385 g/mol. The van der Waals surface area contributed by atoms with E-state index in [4.69, 9.17) is 4.98 Å². The fraction of sp³-hybridized carbons (Fsp3) is 0.292. The van der Waals surface area contributed by atoms with Gasteiger partial charge in [0.2, 0.25) is 5.91 Å². The van der Waals surface area contributed by atoms with E-state index < -0.39 is 0 Å². The van der Waals surface area contributed by atoms with Gasteiger partial charge in [0.05, 0.1) is 11.1 Å². The second-order valence-electron chi connectivity index (χ2n) is 8.03. The number of carbonyl (C=O) groups is 2. The maximum absolute atomic E-state index is 12.9. The van der Waals surface area contributed by atoms with Crippen molar-refractivity contribution in [1.82, 2.24) is 10.3 Å². The largest absolute Gasteiger partial charge is 0.348 e. The Morgan fingerprint density at radius 1 is 0.966 bits per heavy atom. The Morgan fingerprint density at radius 2 is 1.72 bits per heavy atom. The van der Waals surface area contributed by atoms with Crippen LogP contribution in [0.3, 0.4) is 0 Å². The van der Waals surface area contributed by atoms with Crippen molar-refractivity contribution in [2.45, 2.75) is 38.1 Å². The minimum Gasteiger partial charge on any atom is -0.348 e. The molecule has 29 heavy (non-hydrogen) atoms. The number of nitrogens with zero attached hydrogens (tertiary/aromatic N) is 1. The summed E-state index contributed by atoms with van der Waals surface area (Å²) in [5, 5.41) is 6.84. The molecule has 5 nitrogen and oxygen atoms in total. The molecule has 0 spiro atoms. The average molecular weight is 385 g/mol. The number of benzene rings is 2. The molecule has 146 valence electrons. The van der Waals surface area contributed by atoms with E-state index in [0.29, 0.717) is 18.0 Å². The Morgan fingerprint density at radius 3 is 2.45 bits per heavy atom. The number of hydrogen-bond acceptors (Lipinski definition) is 3. The van der Waals surface area contributed by atoms with Crippen molar-refractivity contribution in [2.75, 3.05) is 5.32 Å². The van der Waals surface area contributed by atoms with Crippen LogP contribution in [0.2, 0.25) is 0 Å². The first-order chi connectivity index (χ1) is 14.2. The number of hydrogen-bond donors (Lipinski definition) is 2. The van der Waals surface area contributed by atoms with Gasteiger partial charge in [0.25, 0.3) is 5.91 Å². The standard InChI is InChI=1S/C24H23N3O2/c28-23(17-9-10-17)26-18-11-5-15(6-12-18)14-25-24(29)20-13-22(16-7-8-16)27-21-4-2-1-3-19(20)21/h1-6,11-13,16-17H,7-10,14H2,(H,25,29)(H,26,28). The Labute approximate surface area is 169 Å². The van der Waals surface area contributed by atoms with Crippen molar-refractivity contribution < 1.29 is 9.59 Å². The zero-order valence-electron chi connectivity index (χ0n) is 16.2. The molecule has 2 saturated carbocycles. The van der Waals surface area contributed by atoms with Crippen LogP contribution in [0.5, 0.6) is 0 Å². The number of para-hydroxylation sites is 1. The van der Waals surface area contributed by atoms with Crippen LogP contribution in [0.1, 0.15) is 53.2 Å². The lowest BCUT2D eigenvalue weighted by molar-refractivity contribution is -0.117. The van der Waals surface area contributed by atoms with E-state index in [9.17, 15) is 9.59 Å². The van der Waals surface area contributed by atoms with Crippen LogP contribution < -0.4 is 10.6 Å². The topological polar surface area (TPSA) is 71.1 Å². The predicted octanol–water partition coefficient (Wildman–Crippen LogP) is 4.39. The third-order valence-electron chi connectivity index (χ3n) is 5.60. The molecule has 0 aliphatic heterocycles. The molecule has 2 N–H and O–H groups in total. The molecule has 5 heteroatoms. The zero-order chi connectivity index (χ0) is 19.8. The van der Waals surface area contributed by atoms with Crippen molar-refractivity contribution >= 4 is 28.4 Å². The summed E-state index contributed by atoms with van der Waals surface area (Å²) in [6.45, 7) is 0.436. The van der Waals surface area contributed by atoms with Gasteiger partial charge in [0, 0.05) is 35.1 Å². The average Bonchev–Trinajstić information content (AvgIpc) is 3.65. The van der Waals surface area contributed by atoms with E-state index in [0.717, 1.165) is 53.5 Å². The SMILES string of the molecule is O=C(NCc1ccc(NC(=O)C2CC2)cc1)c1cc(C2CC2)nc2ccccc12. The summed E-state index contributed by atoms with van der Waals surface area (Å²) in [5.74, 6) is 0.688. The zero-order valence-corrected chi connectivity index (χ0v) is 16.2. The molecule has 0 saturated heterocycles. The summed E-state index contributed by atoms with van der Waals surface area (Å²) in [5.41, 5.74) is 4.36. The first-order valence-electron chi connectivity index (χ1n) is 10.2. The predicted molar refractivity (Wildman–Crippen MR) is 113 cm³/mol. The van der Waals surface area contributed by atoms with Gasteiger partial charge in [-0.2, -0.15) is 0 Å². The van der Waals surface area contributed by atoms with Gasteiger partial charge in [-0.25, -0.2) is 0 Å². The van der Waals surface area contributed by atoms with Crippen LogP contribution in [-0.2, 0) is 11.3 Å². The molecule has 1 aromatic heterocycles. The summed E-state index contributed by atoms with van der Waals surface area (Å²) in [6, 6.07) is 17.4. The van der Waals surface area contributed by atoms with Crippen molar-refractivity contribution in [1.29, 1.82) is 0 Å². The molecule has 2 aliphatic carbocycles. The van der Waals surface area contributed by atoms with Crippen LogP contribution in [0.25, 0.3) is 10.9 Å². The van der Waals surface area contributed by atoms with Crippen LogP contribution in [-0.4, -0.2) is 16.8 Å². The molecule has 5 rings (SSSR count). The van der Waals surface area contributed by atoms with Gasteiger partial charge in [-0.1, -0.05) is 30.3 Å². The van der Waals surface area contributed by atoms with Crippen molar-refractivity contribution in [3.63, 3.8) is 0 Å². The van der Waals surface area contributed by atoms with Gasteiger partial charge in [-0.05, 0) is 55.5 Å². The highest BCUT2D eigenvalue weighted by atomic mass is 16.2. The Bertz CT molecular complexity index is 1080. The van der Waals surface area contributed by atoms with Gasteiger partial charge >= 0.3 is 0 Å².